The molecule has 4 aliphatic rings. The first-order chi connectivity index (χ1) is 24.1. The minimum absolute atomic E-state index is 0.0459. The number of aromatic nitrogens is 3. The van der Waals surface area contributed by atoms with Crippen molar-refractivity contribution in [2.24, 2.45) is 0 Å². The molecule has 1 amide bonds. The summed E-state index contributed by atoms with van der Waals surface area (Å²) in [5.74, 6) is 0.0216. The van der Waals surface area contributed by atoms with Crippen LogP contribution in [0.1, 0.15) is 38.5 Å². The summed E-state index contributed by atoms with van der Waals surface area (Å²) < 4.78 is 35.1. The van der Waals surface area contributed by atoms with Crippen molar-refractivity contribution in [1.82, 2.24) is 29.7 Å². The van der Waals surface area contributed by atoms with Crippen LogP contribution in [0.4, 0.5) is 14.6 Å². The molecule has 2 aromatic heterocycles. The van der Waals surface area contributed by atoms with E-state index in [2.05, 4.69) is 24.8 Å². The van der Waals surface area contributed by atoms with E-state index in [1.54, 1.807) is 23.2 Å². The van der Waals surface area contributed by atoms with E-state index in [0.29, 0.717) is 47.4 Å². The van der Waals surface area contributed by atoms with E-state index < -0.39 is 12.0 Å². The molecular formula is C38H44ClF2N7O2. The van der Waals surface area contributed by atoms with Gasteiger partial charge in [-0.2, -0.15) is 9.97 Å². The molecule has 4 aliphatic heterocycles. The summed E-state index contributed by atoms with van der Waals surface area (Å²) in [6.07, 6.45) is 10.5. The number of anilines is 1. The van der Waals surface area contributed by atoms with Crippen LogP contribution in [0.3, 0.4) is 0 Å². The number of halogens is 3. The van der Waals surface area contributed by atoms with Crippen molar-refractivity contribution in [3.8, 4) is 17.3 Å². The van der Waals surface area contributed by atoms with Gasteiger partial charge in [-0.15, -0.1) is 0 Å². The average Bonchev–Trinajstić information content (AvgIpc) is 3.83. The van der Waals surface area contributed by atoms with Gasteiger partial charge < -0.3 is 14.5 Å². The number of hydrogen-bond donors (Lipinski definition) is 0. The predicted octanol–water partition coefficient (Wildman–Crippen LogP) is 6.53. The van der Waals surface area contributed by atoms with Gasteiger partial charge in [0.15, 0.2) is 5.82 Å². The lowest BCUT2D eigenvalue weighted by molar-refractivity contribution is -0.125. The molecule has 264 valence electrons. The third kappa shape index (κ3) is 6.75. The molecule has 0 radical (unpaired) electrons. The highest BCUT2D eigenvalue weighted by Crippen LogP contribution is 2.40. The third-order valence-electron chi connectivity index (χ3n) is 10.7. The molecule has 0 bridgehead atoms. The number of ether oxygens (including phenoxy) is 1. The van der Waals surface area contributed by atoms with Crippen LogP contribution in [0.5, 0.6) is 6.01 Å². The summed E-state index contributed by atoms with van der Waals surface area (Å²) >= 11 is 6.52. The summed E-state index contributed by atoms with van der Waals surface area (Å²) in [7, 11) is 5.78. The Bertz CT molecular complexity index is 1910. The number of rotatable bonds is 7. The molecule has 50 heavy (non-hydrogen) atoms. The lowest BCUT2D eigenvalue weighted by Gasteiger charge is -2.35. The van der Waals surface area contributed by atoms with Crippen molar-refractivity contribution in [1.29, 1.82) is 0 Å². The highest BCUT2D eigenvalue weighted by atomic mass is 35.5. The summed E-state index contributed by atoms with van der Waals surface area (Å²) in [4.78, 5) is 33.4. The molecule has 12 heteroatoms. The van der Waals surface area contributed by atoms with E-state index in [1.807, 2.05) is 62.5 Å². The van der Waals surface area contributed by atoms with Gasteiger partial charge in [-0.1, -0.05) is 48.0 Å². The van der Waals surface area contributed by atoms with Gasteiger partial charge in [0.05, 0.1) is 17.5 Å². The number of alkyl halides is 1. The molecule has 0 spiro atoms. The standard InChI is InChI=1S/C27H27ClFN5O.C11H17FN2O/c1-33(2)25-19-15-30-23(18-9-3-7-17-8-4-10-20(28)21(17)18)22(29)24(19)31-26(32-25)35-16-27-11-5-13-34(27)14-6-12-27;1-13-6-5-10(13)2-3-11(15)14-7-4-9(12)8-14/h3-4,7-10,15H,5-6,11-14,16H2,1-2H3;2-3,9-10H,4-8H2,1H3/b;3-2+. The maximum Gasteiger partial charge on any atom is 0.319 e. The zero-order valence-corrected chi connectivity index (χ0v) is 29.7. The average molecular weight is 704 g/mol. The van der Waals surface area contributed by atoms with Crippen molar-refractivity contribution in [3.05, 3.63) is 65.6 Å². The number of benzene rings is 2. The smallest absolute Gasteiger partial charge is 0.319 e. The van der Waals surface area contributed by atoms with E-state index in [4.69, 9.17) is 16.3 Å². The molecule has 4 fully saturated rings. The van der Waals surface area contributed by atoms with Crippen molar-refractivity contribution in [2.45, 2.75) is 56.3 Å². The fourth-order valence-electron chi connectivity index (χ4n) is 7.76. The number of fused-ring (bicyclic) bond motifs is 3. The fraction of sp³-hybridized carbons (Fsp3) is 0.474. The monoisotopic (exact) mass is 703 g/mol. The first kappa shape index (κ1) is 34.5. The quantitative estimate of drug-likeness (QED) is 0.201. The van der Waals surface area contributed by atoms with E-state index >= 15 is 4.39 Å². The van der Waals surface area contributed by atoms with Gasteiger partial charge in [-0.05, 0) is 70.1 Å². The molecule has 0 saturated carbocycles. The molecule has 2 atom stereocenters. The molecule has 9 nitrogen and oxygen atoms in total. The Labute approximate surface area is 296 Å². The molecule has 0 N–H and O–H groups in total. The fourth-order valence-corrected chi connectivity index (χ4v) is 8.05. The largest absolute Gasteiger partial charge is 0.461 e. The molecule has 8 rings (SSSR count). The number of hydrogen-bond acceptors (Lipinski definition) is 8. The molecule has 6 heterocycles. The van der Waals surface area contributed by atoms with Gasteiger partial charge >= 0.3 is 6.01 Å². The molecular weight excluding hydrogens is 660 g/mol. The van der Waals surface area contributed by atoms with Gasteiger partial charge in [0.1, 0.15) is 29.8 Å². The van der Waals surface area contributed by atoms with Crippen LogP contribution in [-0.4, -0.2) is 114 Å². The van der Waals surface area contributed by atoms with Crippen molar-refractivity contribution in [2.75, 3.05) is 65.4 Å². The Morgan fingerprint density at radius 1 is 1.08 bits per heavy atom. The SMILES string of the molecule is CN(C)c1nc(OCC23CCCN2CCC3)nc2c(F)c(-c3cccc4cccc(Cl)c34)ncc12.CN1CCC1/C=C/C(=O)N1CCC(F)C1. The topological polar surface area (TPSA) is 77.9 Å². The first-order valence-corrected chi connectivity index (χ1v) is 17.9. The molecule has 2 unspecified atom stereocenters. The lowest BCUT2D eigenvalue weighted by Crippen LogP contribution is -2.43. The van der Waals surface area contributed by atoms with Crippen LogP contribution >= 0.6 is 11.6 Å². The Kier molecular flexibility index (Phi) is 9.91. The van der Waals surface area contributed by atoms with Crippen LogP contribution < -0.4 is 9.64 Å². The minimum Gasteiger partial charge on any atom is -0.461 e. The lowest BCUT2D eigenvalue weighted by atomic mass is 9.95. The summed E-state index contributed by atoms with van der Waals surface area (Å²) in [6, 6.07) is 11.9. The summed E-state index contributed by atoms with van der Waals surface area (Å²) in [5.41, 5.74) is 1.09. The van der Waals surface area contributed by atoms with Crippen LogP contribution in [0, 0.1) is 5.82 Å². The number of carbonyl (C=O) groups excluding carboxylic acids is 1. The predicted molar refractivity (Wildman–Crippen MR) is 194 cm³/mol. The summed E-state index contributed by atoms with van der Waals surface area (Å²) in [5, 5.41) is 2.78. The zero-order valence-electron chi connectivity index (χ0n) is 28.9. The number of likely N-dealkylation sites (N-methyl/N-ethyl adjacent to an activating group) is 1. The van der Waals surface area contributed by atoms with Gasteiger partial charge in [-0.25, -0.2) is 8.78 Å². The van der Waals surface area contributed by atoms with Crippen molar-refractivity contribution in [3.63, 3.8) is 0 Å². The molecule has 2 aromatic carbocycles. The molecule has 4 saturated heterocycles. The maximum absolute atomic E-state index is 16.1. The number of pyridine rings is 1. The normalized spacial score (nSPS) is 21.8. The van der Waals surface area contributed by atoms with E-state index in [9.17, 15) is 9.18 Å². The van der Waals surface area contributed by atoms with Crippen LogP contribution in [-0.2, 0) is 4.79 Å². The first-order valence-electron chi connectivity index (χ1n) is 17.5. The third-order valence-corrected chi connectivity index (χ3v) is 11.0. The zero-order chi connectivity index (χ0) is 35.0. The Morgan fingerprint density at radius 2 is 1.84 bits per heavy atom. The van der Waals surface area contributed by atoms with E-state index in [0.717, 1.165) is 49.7 Å². The number of nitrogens with zero attached hydrogens (tertiary/aromatic N) is 7. The van der Waals surface area contributed by atoms with Gasteiger partial charge in [0, 0.05) is 61.5 Å². The van der Waals surface area contributed by atoms with Crippen LogP contribution in [0.15, 0.2) is 54.7 Å². The number of amides is 1. The Balaban J connectivity index is 0.000000219. The van der Waals surface area contributed by atoms with Crippen LogP contribution in [0.2, 0.25) is 5.02 Å². The summed E-state index contributed by atoms with van der Waals surface area (Å²) in [6.45, 7) is 4.67. The second-order valence-corrected chi connectivity index (χ2v) is 14.5. The second-order valence-electron chi connectivity index (χ2n) is 14.1. The number of likely N-dealkylation sites (tertiary alicyclic amines) is 2. The van der Waals surface area contributed by atoms with Gasteiger partial charge in [0.25, 0.3) is 0 Å². The van der Waals surface area contributed by atoms with E-state index in [-0.39, 0.29) is 35.2 Å². The minimum atomic E-state index is -0.825. The van der Waals surface area contributed by atoms with Crippen molar-refractivity contribution >= 4 is 45.0 Å². The van der Waals surface area contributed by atoms with Gasteiger partial charge in [0.2, 0.25) is 5.91 Å². The highest BCUT2D eigenvalue weighted by molar-refractivity contribution is 6.36. The molecule has 4 aromatic rings. The molecule has 0 aliphatic carbocycles. The Hall–Kier alpha value is -3.93. The van der Waals surface area contributed by atoms with E-state index in [1.165, 1.54) is 12.8 Å². The maximum atomic E-state index is 16.1. The Morgan fingerprint density at radius 3 is 2.50 bits per heavy atom. The van der Waals surface area contributed by atoms with Crippen LogP contribution in [0.25, 0.3) is 32.9 Å². The van der Waals surface area contributed by atoms with Crippen molar-refractivity contribution < 1.29 is 18.3 Å². The second kappa shape index (κ2) is 14.4. The number of carbonyl (C=O) groups is 1. The van der Waals surface area contributed by atoms with Gasteiger partial charge in [-0.3, -0.25) is 19.6 Å². The highest BCUT2D eigenvalue weighted by Gasteiger charge is 2.45.